The van der Waals surface area contributed by atoms with Crippen molar-refractivity contribution in [1.82, 2.24) is 15.5 Å². The smallest absolute Gasteiger partial charge is 0.251 e. The zero-order valence-electron chi connectivity index (χ0n) is 14.4. The molecule has 0 unspecified atom stereocenters. The van der Waals surface area contributed by atoms with Crippen LogP contribution >= 0.6 is 11.6 Å². The lowest BCUT2D eigenvalue weighted by Gasteiger charge is -2.16. The standard InChI is InChI=1S/C19H22ClN3O2/c1-21-19(25)16-7-3-15(4-8-16)12-23(2)13-18(24)22-11-14-5-9-17(20)10-6-14/h3-10H,11-13H2,1-2H3,(H,21,25)(H,22,24). The molecule has 5 nitrogen and oxygen atoms in total. The number of carbonyl (C=O) groups excluding carboxylic acids is 2. The van der Waals surface area contributed by atoms with Crippen molar-refractivity contribution >= 4 is 23.4 Å². The Morgan fingerprint density at radius 1 is 1.00 bits per heavy atom. The molecule has 2 aromatic carbocycles. The van der Waals surface area contributed by atoms with Gasteiger partial charge in [-0.05, 0) is 42.4 Å². The van der Waals surface area contributed by atoms with E-state index in [1.54, 1.807) is 31.3 Å². The van der Waals surface area contributed by atoms with E-state index in [2.05, 4.69) is 10.6 Å². The average Bonchev–Trinajstić information content (AvgIpc) is 2.61. The van der Waals surface area contributed by atoms with Crippen molar-refractivity contribution in [3.8, 4) is 0 Å². The molecule has 0 fully saturated rings. The van der Waals surface area contributed by atoms with E-state index in [1.807, 2.05) is 36.2 Å². The normalized spacial score (nSPS) is 10.6. The van der Waals surface area contributed by atoms with Gasteiger partial charge < -0.3 is 10.6 Å². The summed E-state index contributed by atoms with van der Waals surface area (Å²) in [7, 11) is 3.49. The summed E-state index contributed by atoms with van der Waals surface area (Å²) in [6, 6.07) is 14.7. The molecule has 0 aliphatic carbocycles. The molecule has 132 valence electrons. The van der Waals surface area contributed by atoms with Crippen LogP contribution in [0.3, 0.4) is 0 Å². The van der Waals surface area contributed by atoms with Crippen LogP contribution in [0.5, 0.6) is 0 Å². The molecule has 2 rings (SSSR count). The molecule has 2 N–H and O–H groups in total. The van der Waals surface area contributed by atoms with E-state index >= 15 is 0 Å². The number of rotatable bonds is 7. The predicted octanol–water partition coefficient (Wildman–Crippen LogP) is 2.45. The Bertz CT molecular complexity index is 714. The molecule has 0 saturated carbocycles. The molecule has 0 aliphatic rings. The highest BCUT2D eigenvalue weighted by Gasteiger charge is 2.08. The number of likely N-dealkylation sites (N-methyl/N-ethyl adjacent to an activating group) is 1. The van der Waals surface area contributed by atoms with Crippen LogP contribution in [-0.4, -0.2) is 37.4 Å². The third-order valence-electron chi connectivity index (χ3n) is 3.71. The van der Waals surface area contributed by atoms with Gasteiger partial charge in [-0.2, -0.15) is 0 Å². The lowest BCUT2D eigenvalue weighted by Crippen LogP contribution is -2.34. The predicted molar refractivity (Wildman–Crippen MR) is 99.5 cm³/mol. The molecular formula is C19H22ClN3O2. The summed E-state index contributed by atoms with van der Waals surface area (Å²) in [6.07, 6.45) is 0. The zero-order valence-corrected chi connectivity index (χ0v) is 15.1. The molecule has 0 radical (unpaired) electrons. The summed E-state index contributed by atoms with van der Waals surface area (Å²) in [5.74, 6) is -0.152. The van der Waals surface area contributed by atoms with Crippen LogP contribution in [0.25, 0.3) is 0 Å². The van der Waals surface area contributed by atoms with E-state index in [9.17, 15) is 9.59 Å². The van der Waals surface area contributed by atoms with E-state index < -0.39 is 0 Å². The van der Waals surface area contributed by atoms with Gasteiger partial charge in [-0.25, -0.2) is 0 Å². The minimum atomic E-state index is -0.110. The molecule has 0 aliphatic heterocycles. The minimum absolute atomic E-state index is 0.0422. The van der Waals surface area contributed by atoms with Gasteiger partial charge in [0.2, 0.25) is 5.91 Å². The maximum Gasteiger partial charge on any atom is 0.251 e. The highest BCUT2D eigenvalue weighted by Crippen LogP contribution is 2.09. The maximum absolute atomic E-state index is 12.0. The molecule has 6 heteroatoms. The molecule has 0 aromatic heterocycles. The van der Waals surface area contributed by atoms with Crippen LogP contribution in [0.4, 0.5) is 0 Å². The van der Waals surface area contributed by atoms with Crippen molar-refractivity contribution in [2.24, 2.45) is 0 Å². The van der Waals surface area contributed by atoms with Crippen LogP contribution in [-0.2, 0) is 17.9 Å². The first-order valence-corrected chi connectivity index (χ1v) is 8.36. The summed E-state index contributed by atoms with van der Waals surface area (Å²) < 4.78 is 0. The number of hydrogen-bond donors (Lipinski definition) is 2. The molecule has 25 heavy (non-hydrogen) atoms. The van der Waals surface area contributed by atoms with Crippen molar-refractivity contribution in [3.05, 3.63) is 70.2 Å². The van der Waals surface area contributed by atoms with Crippen molar-refractivity contribution in [3.63, 3.8) is 0 Å². The number of halogens is 1. The number of benzene rings is 2. The summed E-state index contributed by atoms with van der Waals surface area (Å²) in [5, 5.41) is 6.16. The molecule has 0 saturated heterocycles. The van der Waals surface area contributed by atoms with Gasteiger partial charge in [0.05, 0.1) is 6.54 Å². The highest BCUT2D eigenvalue weighted by molar-refractivity contribution is 6.30. The summed E-state index contributed by atoms with van der Waals surface area (Å²) >= 11 is 5.84. The van der Waals surface area contributed by atoms with Crippen LogP contribution < -0.4 is 10.6 Å². The Kier molecular flexibility index (Phi) is 6.98. The topological polar surface area (TPSA) is 61.4 Å². The minimum Gasteiger partial charge on any atom is -0.355 e. The summed E-state index contributed by atoms with van der Waals surface area (Å²) in [4.78, 5) is 25.5. The molecule has 0 spiro atoms. The Morgan fingerprint density at radius 3 is 2.20 bits per heavy atom. The zero-order chi connectivity index (χ0) is 18.2. The molecule has 0 atom stereocenters. The fraction of sp³-hybridized carbons (Fsp3) is 0.263. The van der Waals surface area contributed by atoms with Crippen LogP contribution in [0.2, 0.25) is 5.02 Å². The van der Waals surface area contributed by atoms with Gasteiger partial charge in [0.25, 0.3) is 5.91 Å². The van der Waals surface area contributed by atoms with Gasteiger partial charge in [0.15, 0.2) is 0 Å². The number of carbonyl (C=O) groups is 2. The van der Waals surface area contributed by atoms with Gasteiger partial charge in [-0.3, -0.25) is 14.5 Å². The lowest BCUT2D eigenvalue weighted by atomic mass is 10.1. The van der Waals surface area contributed by atoms with Crippen LogP contribution in [0.1, 0.15) is 21.5 Å². The van der Waals surface area contributed by atoms with E-state index in [-0.39, 0.29) is 11.8 Å². The fourth-order valence-electron chi connectivity index (χ4n) is 2.38. The van der Waals surface area contributed by atoms with Crippen molar-refractivity contribution in [2.45, 2.75) is 13.1 Å². The molecule has 2 aromatic rings. The summed E-state index contributed by atoms with van der Waals surface area (Å²) in [6.45, 7) is 1.40. The van der Waals surface area contributed by atoms with Gasteiger partial charge in [-0.1, -0.05) is 35.9 Å². The second-order valence-electron chi connectivity index (χ2n) is 5.85. The number of amides is 2. The van der Waals surface area contributed by atoms with Crippen molar-refractivity contribution < 1.29 is 9.59 Å². The van der Waals surface area contributed by atoms with Gasteiger partial charge in [0, 0.05) is 30.7 Å². The number of nitrogens with zero attached hydrogens (tertiary/aromatic N) is 1. The van der Waals surface area contributed by atoms with Gasteiger partial charge in [0.1, 0.15) is 0 Å². The Hall–Kier alpha value is -2.37. The Labute approximate surface area is 153 Å². The first-order valence-electron chi connectivity index (χ1n) is 7.98. The van der Waals surface area contributed by atoms with Crippen molar-refractivity contribution in [2.75, 3.05) is 20.6 Å². The maximum atomic E-state index is 12.0. The largest absolute Gasteiger partial charge is 0.355 e. The number of hydrogen-bond acceptors (Lipinski definition) is 3. The van der Waals surface area contributed by atoms with Gasteiger partial charge in [-0.15, -0.1) is 0 Å². The first-order chi connectivity index (χ1) is 12.0. The molecule has 0 bridgehead atoms. The molecule has 0 heterocycles. The Balaban J connectivity index is 1.78. The highest BCUT2D eigenvalue weighted by atomic mass is 35.5. The second kappa shape index (κ2) is 9.20. The van der Waals surface area contributed by atoms with Gasteiger partial charge >= 0.3 is 0 Å². The number of nitrogens with one attached hydrogen (secondary N) is 2. The summed E-state index contributed by atoms with van der Waals surface area (Å²) in [5.41, 5.74) is 2.67. The molecule has 2 amide bonds. The monoisotopic (exact) mass is 359 g/mol. The quantitative estimate of drug-likeness (QED) is 0.798. The third-order valence-corrected chi connectivity index (χ3v) is 3.96. The fourth-order valence-corrected chi connectivity index (χ4v) is 2.50. The van der Waals surface area contributed by atoms with E-state index in [0.29, 0.717) is 30.2 Å². The van der Waals surface area contributed by atoms with Crippen molar-refractivity contribution in [1.29, 1.82) is 0 Å². The third kappa shape index (κ3) is 6.21. The lowest BCUT2D eigenvalue weighted by molar-refractivity contribution is -0.122. The van der Waals surface area contributed by atoms with Crippen LogP contribution in [0, 0.1) is 0 Å². The Morgan fingerprint density at radius 2 is 1.60 bits per heavy atom. The second-order valence-corrected chi connectivity index (χ2v) is 6.29. The van der Waals surface area contributed by atoms with Crippen LogP contribution in [0.15, 0.2) is 48.5 Å². The first kappa shape index (κ1) is 19.0. The average molecular weight is 360 g/mol. The molecular weight excluding hydrogens is 338 g/mol. The SMILES string of the molecule is CNC(=O)c1ccc(CN(C)CC(=O)NCc2ccc(Cl)cc2)cc1. The van der Waals surface area contributed by atoms with E-state index in [4.69, 9.17) is 11.6 Å². The van der Waals surface area contributed by atoms with E-state index in [1.165, 1.54) is 0 Å². The van der Waals surface area contributed by atoms with E-state index in [0.717, 1.165) is 11.1 Å².